The smallest absolute Gasteiger partial charge is 0.211 e. The monoisotopic (exact) mass is 187 g/mol. The Kier molecular flexibility index (Phi) is 2.02. The molecule has 0 amide bonds. The quantitative estimate of drug-likeness (QED) is 0.707. The highest BCUT2D eigenvalue weighted by molar-refractivity contribution is 5.54. The molecule has 0 saturated carbocycles. The molecule has 14 heavy (non-hydrogen) atoms. The maximum Gasteiger partial charge on any atom is 0.211 e. The van der Waals surface area contributed by atoms with E-state index in [0.29, 0.717) is 11.4 Å². The minimum atomic E-state index is -0.0753. The lowest BCUT2D eigenvalue weighted by atomic mass is 10.2. The average molecular weight is 187 g/mol. The average Bonchev–Trinajstić information content (AvgIpc) is 2.19. The van der Waals surface area contributed by atoms with Crippen molar-refractivity contribution in [2.75, 3.05) is 0 Å². The number of nitrogens with zero attached hydrogens (tertiary/aromatic N) is 2. The Morgan fingerprint density at radius 3 is 2.64 bits per heavy atom. The number of rotatable bonds is 1. The van der Waals surface area contributed by atoms with E-state index in [1.165, 1.54) is 18.3 Å². The molecule has 0 fully saturated rings. The molecule has 2 N–H and O–H groups in total. The predicted octanol–water partition coefficient (Wildman–Crippen LogP) is 1.35. The van der Waals surface area contributed by atoms with Crippen molar-refractivity contribution < 1.29 is 10.2 Å². The van der Waals surface area contributed by atoms with E-state index >= 15 is 0 Å². The van der Waals surface area contributed by atoms with E-state index in [9.17, 15) is 0 Å². The van der Waals surface area contributed by atoms with Gasteiger partial charge in [0.25, 0.3) is 0 Å². The summed E-state index contributed by atoms with van der Waals surface area (Å²) in [6.45, 7) is 0. The standard InChI is InChI=1S/C10H7N2O2/c13-7-4-5-8(11-6-7)9-2-1-3-10(14)12-9/h1,3-6,13H,(H,12,14). The summed E-state index contributed by atoms with van der Waals surface area (Å²) in [5, 5.41) is 18.1. The van der Waals surface area contributed by atoms with Gasteiger partial charge in [-0.25, -0.2) is 4.98 Å². The van der Waals surface area contributed by atoms with E-state index in [2.05, 4.69) is 16.0 Å². The number of hydrogen-bond donors (Lipinski definition) is 2. The van der Waals surface area contributed by atoms with Gasteiger partial charge in [0.05, 0.1) is 11.9 Å². The lowest BCUT2D eigenvalue weighted by molar-refractivity contribution is 0.454. The van der Waals surface area contributed by atoms with Crippen LogP contribution >= 0.6 is 0 Å². The molecule has 0 aliphatic rings. The van der Waals surface area contributed by atoms with Gasteiger partial charge in [-0.2, -0.15) is 0 Å². The van der Waals surface area contributed by atoms with Crippen LogP contribution in [0.5, 0.6) is 11.6 Å². The van der Waals surface area contributed by atoms with Crippen molar-refractivity contribution in [2.45, 2.75) is 0 Å². The van der Waals surface area contributed by atoms with Crippen molar-refractivity contribution in [1.82, 2.24) is 9.97 Å². The molecule has 69 valence electrons. The third kappa shape index (κ3) is 1.64. The maximum atomic E-state index is 9.12. The van der Waals surface area contributed by atoms with Crippen LogP contribution in [-0.4, -0.2) is 20.2 Å². The van der Waals surface area contributed by atoms with Crippen LogP contribution in [0.15, 0.2) is 30.5 Å². The molecule has 0 unspecified atom stereocenters. The molecule has 0 atom stereocenters. The van der Waals surface area contributed by atoms with E-state index in [1.807, 2.05) is 0 Å². The Balaban J connectivity index is 2.44. The molecule has 0 aliphatic carbocycles. The highest BCUT2D eigenvalue weighted by atomic mass is 16.3. The number of hydrogen-bond acceptors (Lipinski definition) is 4. The van der Waals surface area contributed by atoms with Crippen LogP contribution in [0.25, 0.3) is 11.4 Å². The fourth-order valence-electron chi connectivity index (χ4n) is 1.04. The van der Waals surface area contributed by atoms with Gasteiger partial charge in [0.2, 0.25) is 5.88 Å². The van der Waals surface area contributed by atoms with E-state index in [4.69, 9.17) is 10.2 Å². The Labute approximate surface area is 80.5 Å². The fraction of sp³-hybridized carbons (Fsp3) is 0. The molecule has 2 aromatic heterocycles. The minimum absolute atomic E-state index is 0.0753. The number of pyridine rings is 2. The number of aromatic hydroxyl groups is 2. The first-order valence-electron chi connectivity index (χ1n) is 3.99. The summed E-state index contributed by atoms with van der Waals surface area (Å²) in [6.07, 6.45) is 1.31. The highest BCUT2D eigenvalue weighted by Gasteiger charge is 2.01. The van der Waals surface area contributed by atoms with Crippen molar-refractivity contribution in [3.8, 4) is 23.0 Å². The van der Waals surface area contributed by atoms with E-state index in [1.54, 1.807) is 12.1 Å². The second kappa shape index (κ2) is 3.33. The Morgan fingerprint density at radius 1 is 1.14 bits per heavy atom. The van der Waals surface area contributed by atoms with Crippen LogP contribution < -0.4 is 0 Å². The summed E-state index contributed by atoms with van der Waals surface area (Å²) in [6, 6.07) is 8.93. The molecular formula is C10H7N2O2. The van der Waals surface area contributed by atoms with Crippen molar-refractivity contribution in [3.63, 3.8) is 0 Å². The summed E-state index contributed by atoms with van der Waals surface area (Å²) in [7, 11) is 0. The molecule has 2 aromatic rings. The molecule has 1 radical (unpaired) electrons. The second-order valence-electron chi connectivity index (χ2n) is 2.70. The van der Waals surface area contributed by atoms with Crippen LogP contribution in [-0.2, 0) is 0 Å². The van der Waals surface area contributed by atoms with Crippen LogP contribution in [0.1, 0.15) is 0 Å². The topological polar surface area (TPSA) is 66.2 Å². The van der Waals surface area contributed by atoms with Crippen molar-refractivity contribution in [1.29, 1.82) is 0 Å². The van der Waals surface area contributed by atoms with Gasteiger partial charge in [-0.05, 0) is 18.2 Å². The molecule has 0 aromatic carbocycles. The van der Waals surface area contributed by atoms with Gasteiger partial charge in [-0.15, -0.1) is 0 Å². The van der Waals surface area contributed by atoms with E-state index < -0.39 is 0 Å². The first kappa shape index (κ1) is 8.50. The largest absolute Gasteiger partial charge is 0.506 e. The maximum absolute atomic E-state index is 9.12. The molecule has 0 bridgehead atoms. The summed E-state index contributed by atoms with van der Waals surface area (Å²) in [5.41, 5.74) is 1.00. The first-order chi connectivity index (χ1) is 6.75. The molecule has 2 rings (SSSR count). The van der Waals surface area contributed by atoms with Crippen molar-refractivity contribution >= 4 is 0 Å². The lowest BCUT2D eigenvalue weighted by Crippen LogP contribution is -1.86. The minimum Gasteiger partial charge on any atom is -0.506 e. The van der Waals surface area contributed by atoms with Crippen LogP contribution in [0, 0.1) is 6.07 Å². The van der Waals surface area contributed by atoms with Crippen LogP contribution in [0.4, 0.5) is 0 Å². The normalized spacial score (nSPS) is 10.0. The zero-order chi connectivity index (χ0) is 9.97. The molecule has 0 spiro atoms. The van der Waals surface area contributed by atoms with Gasteiger partial charge in [0.1, 0.15) is 11.4 Å². The number of aromatic nitrogens is 2. The van der Waals surface area contributed by atoms with Gasteiger partial charge in [-0.1, -0.05) is 0 Å². The van der Waals surface area contributed by atoms with Gasteiger partial charge in [0.15, 0.2) is 0 Å². The Morgan fingerprint density at radius 2 is 2.00 bits per heavy atom. The second-order valence-corrected chi connectivity index (χ2v) is 2.70. The summed E-state index contributed by atoms with van der Waals surface area (Å²) in [5.74, 6) is 0.0162. The van der Waals surface area contributed by atoms with Crippen LogP contribution in [0.2, 0.25) is 0 Å². The zero-order valence-electron chi connectivity index (χ0n) is 7.18. The predicted molar refractivity (Wildman–Crippen MR) is 49.6 cm³/mol. The lowest BCUT2D eigenvalue weighted by Gasteiger charge is -1.99. The Bertz CT molecular complexity index is 440. The van der Waals surface area contributed by atoms with Gasteiger partial charge in [0, 0.05) is 12.1 Å². The molecule has 2 heterocycles. The fourth-order valence-corrected chi connectivity index (χ4v) is 1.04. The highest BCUT2D eigenvalue weighted by Crippen LogP contribution is 2.17. The van der Waals surface area contributed by atoms with Crippen LogP contribution in [0.3, 0.4) is 0 Å². The zero-order valence-corrected chi connectivity index (χ0v) is 7.18. The van der Waals surface area contributed by atoms with E-state index in [-0.39, 0.29) is 11.6 Å². The summed E-state index contributed by atoms with van der Waals surface area (Å²) in [4.78, 5) is 7.76. The van der Waals surface area contributed by atoms with Gasteiger partial charge < -0.3 is 10.2 Å². The molecule has 4 heteroatoms. The molecule has 0 aliphatic heterocycles. The summed E-state index contributed by atoms with van der Waals surface area (Å²) < 4.78 is 0. The van der Waals surface area contributed by atoms with Gasteiger partial charge in [-0.3, -0.25) is 4.98 Å². The SMILES string of the molecule is Oc1ccc(-c2[c]ccc(O)n2)nc1. The van der Waals surface area contributed by atoms with E-state index in [0.717, 1.165) is 0 Å². The third-order valence-electron chi connectivity index (χ3n) is 1.67. The van der Waals surface area contributed by atoms with Crippen molar-refractivity contribution in [3.05, 3.63) is 36.5 Å². The molecule has 0 saturated heterocycles. The Hall–Kier alpha value is -2.10. The first-order valence-corrected chi connectivity index (χ1v) is 3.99. The van der Waals surface area contributed by atoms with Gasteiger partial charge >= 0.3 is 0 Å². The van der Waals surface area contributed by atoms with Crippen molar-refractivity contribution in [2.24, 2.45) is 0 Å². The summed E-state index contributed by atoms with van der Waals surface area (Å²) >= 11 is 0. The molecule has 4 nitrogen and oxygen atoms in total. The third-order valence-corrected chi connectivity index (χ3v) is 1.67. The molecular weight excluding hydrogens is 180 g/mol.